The molecule has 0 aliphatic carbocycles. The highest BCUT2D eigenvalue weighted by atomic mass is 32.2. The SMILES string of the molecule is CSCc1nc(C(=O)NC(CS)C(=O)O)cc(=O)[nH]1. The Hall–Kier alpha value is -1.48. The molecular weight excluding hydrogens is 290 g/mol. The quantitative estimate of drug-likeness (QED) is 0.539. The van der Waals surface area contributed by atoms with Crippen molar-refractivity contribution in [3.63, 3.8) is 0 Å². The average molecular weight is 303 g/mol. The molecule has 1 heterocycles. The third kappa shape index (κ3) is 4.60. The number of hydrogen-bond acceptors (Lipinski definition) is 6. The van der Waals surface area contributed by atoms with Gasteiger partial charge in [-0.05, 0) is 6.26 Å². The second-order valence-electron chi connectivity index (χ2n) is 3.56. The molecule has 1 aromatic rings. The largest absolute Gasteiger partial charge is 0.480 e. The average Bonchev–Trinajstić information content (AvgIpc) is 2.34. The molecule has 1 atom stereocenters. The molecule has 3 N–H and O–H groups in total. The lowest BCUT2D eigenvalue weighted by Crippen LogP contribution is -2.42. The summed E-state index contributed by atoms with van der Waals surface area (Å²) in [7, 11) is 0. The monoisotopic (exact) mass is 303 g/mol. The van der Waals surface area contributed by atoms with Crippen LogP contribution in [0.3, 0.4) is 0 Å². The van der Waals surface area contributed by atoms with Crippen molar-refractivity contribution in [2.75, 3.05) is 12.0 Å². The number of aromatic nitrogens is 2. The van der Waals surface area contributed by atoms with Gasteiger partial charge in [-0.3, -0.25) is 9.59 Å². The third-order valence-electron chi connectivity index (χ3n) is 2.09. The molecule has 0 bridgehead atoms. The van der Waals surface area contributed by atoms with Crippen molar-refractivity contribution >= 4 is 36.3 Å². The number of thioether (sulfide) groups is 1. The van der Waals surface area contributed by atoms with Crippen LogP contribution in [-0.2, 0) is 10.5 Å². The van der Waals surface area contributed by atoms with E-state index in [2.05, 4.69) is 27.9 Å². The first-order valence-electron chi connectivity index (χ1n) is 5.21. The van der Waals surface area contributed by atoms with E-state index < -0.39 is 23.5 Å². The second kappa shape index (κ2) is 7.19. The van der Waals surface area contributed by atoms with Crippen LogP contribution in [0.25, 0.3) is 0 Å². The van der Waals surface area contributed by atoms with E-state index in [0.29, 0.717) is 11.6 Å². The van der Waals surface area contributed by atoms with Gasteiger partial charge in [0.15, 0.2) is 0 Å². The zero-order valence-electron chi connectivity index (χ0n) is 10.0. The van der Waals surface area contributed by atoms with Crippen molar-refractivity contribution in [3.8, 4) is 0 Å². The Morgan fingerprint density at radius 2 is 2.32 bits per heavy atom. The highest BCUT2D eigenvalue weighted by Gasteiger charge is 2.20. The van der Waals surface area contributed by atoms with Gasteiger partial charge in [-0.1, -0.05) is 0 Å². The molecule has 0 saturated carbocycles. The van der Waals surface area contributed by atoms with Crippen molar-refractivity contribution in [2.24, 2.45) is 0 Å². The molecular formula is C10H13N3O4S2. The van der Waals surface area contributed by atoms with Crippen LogP contribution in [0.4, 0.5) is 0 Å². The van der Waals surface area contributed by atoms with E-state index in [0.717, 1.165) is 6.07 Å². The van der Waals surface area contributed by atoms with Gasteiger partial charge in [0.2, 0.25) is 0 Å². The molecule has 7 nitrogen and oxygen atoms in total. The van der Waals surface area contributed by atoms with Gasteiger partial charge in [-0.2, -0.15) is 24.4 Å². The van der Waals surface area contributed by atoms with Gasteiger partial charge in [0.1, 0.15) is 17.6 Å². The first-order valence-corrected chi connectivity index (χ1v) is 7.24. The molecule has 0 aliphatic rings. The molecule has 1 unspecified atom stereocenters. The fourth-order valence-electron chi connectivity index (χ4n) is 1.25. The Kier molecular flexibility index (Phi) is 5.90. The van der Waals surface area contributed by atoms with Crippen LogP contribution in [0, 0.1) is 0 Å². The summed E-state index contributed by atoms with van der Waals surface area (Å²) in [5, 5.41) is 11.0. The fourth-order valence-corrected chi connectivity index (χ4v) is 1.90. The molecule has 0 aliphatic heterocycles. The third-order valence-corrected chi connectivity index (χ3v) is 3.02. The van der Waals surface area contributed by atoms with E-state index in [1.54, 1.807) is 0 Å². The number of carbonyl (C=O) groups is 2. The van der Waals surface area contributed by atoms with Crippen molar-refractivity contribution in [1.29, 1.82) is 0 Å². The minimum atomic E-state index is -1.20. The van der Waals surface area contributed by atoms with Gasteiger partial charge in [0.05, 0.1) is 5.75 Å². The maximum Gasteiger partial charge on any atom is 0.327 e. The Morgan fingerprint density at radius 3 is 2.84 bits per heavy atom. The lowest BCUT2D eigenvalue weighted by Gasteiger charge is -2.11. The summed E-state index contributed by atoms with van der Waals surface area (Å²) >= 11 is 5.27. The number of amides is 1. The van der Waals surface area contributed by atoms with Crippen LogP contribution in [0.15, 0.2) is 10.9 Å². The smallest absolute Gasteiger partial charge is 0.327 e. The molecule has 0 spiro atoms. The zero-order valence-corrected chi connectivity index (χ0v) is 11.8. The van der Waals surface area contributed by atoms with Gasteiger partial charge in [0.25, 0.3) is 11.5 Å². The van der Waals surface area contributed by atoms with E-state index in [-0.39, 0.29) is 11.4 Å². The number of aromatic amines is 1. The predicted octanol–water partition coefficient (Wildman–Crippen LogP) is -0.254. The van der Waals surface area contributed by atoms with Crippen LogP contribution in [0.2, 0.25) is 0 Å². The zero-order chi connectivity index (χ0) is 14.4. The number of carboxylic acids is 1. The highest BCUT2D eigenvalue weighted by Crippen LogP contribution is 2.03. The van der Waals surface area contributed by atoms with Gasteiger partial charge in [-0.15, -0.1) is 0 Å². The summed E-state index contributed by atoms with van der Waals surface area (Å²) in [5.74, 6) is -1.15. The molecule has 9 heteroatoms. The molecule has 1 aromatic heterocycles. The minimum absolute atomic E-state index is 0.0536. The number of rotatable bonds is 6. The summed E-state index contributed by atoms with van der Waals surface area (Å²) in [6, 6.07) is -0.0998. The number of H-pyrrole nitrogens is 1. The van der Waals surface area contributed by atoms with Crippen LogP contribution < -0.4 is 10.9 Å². The molecule has 0 saturated heterocycles. The first-order chi connectivity index (χ1) is 8.97. The topological polar surface area (TPSA) is 112 Å². The van der Waals surface area contributed by atoms with Crippen molar-refractivity contribution < 1.29 is 14.7 Å². The Balaban J connectivity index is 2.93. The van der Waals surface area contributed by atoms with E-state index in [4.69, 9.17) is 5.11 Å². The van der Waals surface area contributed by atoms with Gasteiger partial charge in [-0.25, -0.2) is 9.78 Å². The summed E-state index contributed by atoms with van der Waals surface area (Å²) in [5.41, 5.74) is -0.567. The van der Waals surface area contributed by atoms with Crippen molar-refractivity contribution in [2.45, 2.75) is 11.8 Å². The second-order valence-corrected chi connectivity index (χ2v) is 4.79. The Morgan fingerprint density at radius 1 is 1.63 bits per heavy atom. The van der Waals surface area contributed by atoms with E-state index in [1.165, 1.54) is 11.8 Å². The number of nitrogens with one attached hydrogen (secondary N) is 2. The molecule has 104 valence electrons. The Labute approximate surface area is 118 Å². The van der Waals surface area contributed by atoms with Crippen LogP contribution in [0.5, 0.6) is 0 Å². The van der Waals surface area contributed by atoms with Crippen LogP contribution in [-0.4, -0.2) is 45.0 Å². The number of carbonyl (C=O) groups excluding carboxylic acids is 1. The molecule has 0 radical (unpaired) electrons. The molecule has 1 rings (SSSR count). The standard InChI is InChI=1S/C10H13N3O4S2/c1-19-4-7-11-5(2-8(14)13-7)9(15)12-6(3-18)10(16)17/h2,6,18H,3-4H2,1H3,(H,12,15)(H,16,17)(H,11,13,14). The van der Waals surface area contributed by atoms with Gasteiger partial charge >= 0.3 is 5.97 Å². The normalized spacial score (nSPS) is 11.9. The number of nitrogens with zero attached hydrogens (tertiary/aromatic N) is 1. The van der Waals surface area contributed by atoms with Gasteiger partial charge in [0, 0.05) is 11.8 Å². The molecule has 0 aromatic carbocycles. The van der Waals surface area contributed by atoms with Crippen LogP contribution in [0.1, 0.15) is 16.3 Å². The van der Waals surface area contributed by atoms with E-state index >= 15 is 0 Å². The van der Waals surface area contributed by atoms with E-state index in [9.17, 15) is 14.4 Å². The maximum atomic E-state index is 11.8. The minimum Gasteiger partial charge on any atom is -0.480 e. The number of aliphatic carboxylic acids is 1. The maximum absolute atomic E-state index is 11.8. The van der Waals surface area contributed by atoms with Crippen LogP contribution >= 0.6 is 24.4 Å². The molecule has 19 heavy (non-hydrogen) atoms. The predicted molar refractivity (Wildman–Crippen MR) is 74.8 cm³/mol. The lowest BCUT2D eigenvalue weighted by atomic mass is 10.3. The number of thiol groups is 1. The highest BCUT2D eigenvalue weighted by molar-refractivity contribution is 7.97. The van der Waals surface area contributed by atoms with Crippen molar-refractivity contribution in [3.05, 3.63) is 27.9 Å². The number of hydrogen-bond donors (Lipinski definition) is 4. The van der Waals surface area contributed by atoms with Gasteiger partial charge < -0.3 is 15.4 Å². The first kappa shape index (κ1) is 15.6. The summed E-state index contributed by atoms with van der Waals surface area (Å²) in [6.45, 7) is 0. The summed E-state index contributed by atoms with van der Waals surface area (Å²) in [4.78, 5) is 40.4. The van der Waals surface area contributed by atoms with E-state index in [1.807, 2.05) is 6.26 Å². The van der Waals surface area contributed by atoms with Crippen molar-refractivity contribution in [1.82, 2.24) is 15.3 Å². The Bertz CT molecular complexity index is 532. The summed E-state index contributed by atoms with van der Waals surface area (Å²) < 4.78 is 0. The lowest BCUT2D eigenvalue weighted by molar-refractivity contribution is -0.138. The summed E-state index contributed by atoms with van der Waals surface area (Å²) in [6.07, 6.45) is 1.83. The molecule has 0 fully saturated rings. The number of carboxylic acid groups (broad SMARTS) is 1. The molecule has 1 amide bonds. The fraction of sp³-hybridized carbons (Fsp3) is 0.400.